The Morgan fingerprint density at radius 2 is 1.79 bits per heavy atom. The third-order valence-electron chi connectivity index (χ3n) is 5.16. The molecule has 2 aromatic heterocycles. The van der Waals surface area contributed by atoms with Crippen LogP contribution in [0.2, 0.25) is 0 Å². The van der Waals surface area contributed by atoms with E-state index in [0.717, 1.165) is 42.8 Å². The zero-order valence-electron chi connectivity index (χ0n) is 14.4. The molecule has 0 amide bonds. The Morgan fingerprint density at radius 1 is 1.00 bits per heavy atom. The van der Waals surface area contributed by atoms with Crippen LogP contribution in [0.1, 0.15) is 93.7 Å². The minimum absolute atomic E-state index is 0.165. The van der Waals surface area contributed by atoms with E-state index < -0.39 is 0 Å². The van der Waals surface area contributed by atoms with Gasteiger partial charge < -0.3 is 9.05 Å². The fraction of sp³-hybridized carbons (Fsp3) is 0.765. The largest absolute Gasteiger partial charge is 0.339 e. The molecule has 1 aliphatic heterocycles. The summed E-state index contributed by atoms with van der Waals surface area (Å²) in [6, 6.07) is 0.165. The van der Waals surface area contributed by atoms with Gasteiger partial charge in [0.05, 0.1) is 12.6 Å². The molecule has 130 valence electrons. The van der Waals surface area contributed by atoms with Gasteiger partial charge in [-0.15, -0.1) is 0 Å². The van der Waals surface area contributed by atoms with Crippen LogP contribution in [-0.2, 0) is 6.54 Å². The van der Waals surface area contributed by atoms with E-state index in [1.54, 1.807) is 0 Å². The van der Waals surface area contributed by atoms with Crippen LogP contribution in [0, 0.1) is 0 Å². The van der Waals surface area contributed by atoms with Gasteiger partial charge in [0.25, 0.3) is 0 Å². The summed E-state index contributed by atoms with van der Waals surface area (Å²) in [6.07, 6.45) is 7.05. The third kappa shape index (κ3) is 3.09. The quantitative estimate of drug-likeness (QED) is 0.828. The van der Waals surface area contributed by atoms with Crippen molar-refractivity contribution in [3.05, 3.63) is 23.4 Å². The Labute approximate surface area is 141 Å². The smallest absolute Gasteiger partial charge is 0.244 e. The molecule has 0 N–H and O–H groups in total. The van der Waals surface area contributed by atoms with E-state index >= 15 is 0 Å². The van der Waals surface area contributed by atoms with Crippen molar-refractivity contribution >= 4 is 0 Å². The number of rotatable bonds is 5. The normalized spacial score (nSPS) is 22.9. The Hall–Kier alpha value is -1.76. The zero-order chi connectivity index (χ0) is 16.5. The Bertz CT molecular complexity index is 674. The number of likely N-dealkylation sites (tertiary alicyclic amines) is 1. The minimum Gasteiger partial charge on any atom is -0.339 e. The average Bonchev–Trinajstić information content (AvgIpc) is 3.35. The van der Waals surface area contributed by atoms with Gasteiger partial charge in [-0.25, -0.2) is 0 Å². The van der Waals surface area contributed by atoms with E-state index in [4.69, 9.17) is 9.05 Å². The van der Waals surface area contributed by atoms with E-state index in [0.29, 0.717) is 12.5 Å². The van der Waals surface area contributed by atoms with Crippen LogP contribution in [0.4, 0.5) is 0 Å². The maximum Gasteiger partial charge on any atom is 0.244 e. The van der Waals surface area contributed by atoms with Crippen molar-refractivity contribution in [2.45, 2.75) is 76.8 Å². The Balaban J connectivity index is 1.45. The van der Waals surface area contributed by atoms with Crippen molar-refractivity contribution < 1.29 is 9.05 Å². The van der Waals surface area contributed by atoms with E-state index in [9.17, 15) is 0 Å². The second-order valence-corrected chi connectivity index (χ2v) is 7.30. The van der Waals surface area contributed by atoms with Crippen LogP contribution in [0.15, 0.2) is 9.05 Å². The van der Waals surface area contributed by atoms with Crippen LogP contribution >= 0.6 is 0 Å². The lowest BCUT2D eigenvalue weighted by atomic mass is 10.1. The molecule has 0 aromatic carbocycles. The summed E-state index contributed by atoms with van der Waals surface area (Å²) in [5.41, 5.74) is 0. The number of nitrogens with zero attached hydrogens (tertiary/aromatic N) is 5. The summed E-state index contributed by atoms with van der Waals surface area (Å²) in [6.45, 7) is 5.83. The summed E-state index contributed by atoms with van der Waals surface area (Å²) in [4.78, 5) is 11.5. The van der Waals surface area contributed by atoms with Crippen molar-refractivity contribution in [2.75, 3.05) is 6.54 Å². The molecular weight excluding hydrogens is 306 g/mol. The highest BCUT2D eigenvalue weighted by Crippen LogP contribution is 2.34. The first kappa shape index (κ1) is 15.7. The van der Waals surface area contributed by atoms with Crippen LogP contribution in [0.3, 0.4) is 0 Å². The van der Waals surface area contributed by atoms with Crippen LogP contribution in [0.5, 0.6) is 0 Å². The molecule has 1 aliphatic carbocycles. The van der Waals surface area contributed by atoms with E-state index in [-0.39, 0.29) is 12.0 Å². The monoisotopic (exact) mass is 331 g/mol. The van der Waals surface area contributed by atoms with Gasteiger partial charge in [-0.1, -0.05) is 37.0 Å². The van der Waals surface area contributed by atoms with Crippen molar-refractivity contribution in [2.24, 2.45) is 0 Å². The van der Waals surface area contributed by atoms with Crippen molar-refractivity contribution in [3.63, 3.8) is 0 Å². The number of hydrogen-bond donors (Lipinski definition) is 0. The summed E-state index contributed by atoms with van der Waals surface area (Å²) < 4.78 is 11.0. The lowest BCUT2D eigenvalue weighted by molar-refractivity contribution is 0.194. The maximum atomic E-state index is 5.50. The van der Waals surface area contributed by atoms with Crippen molar-refractivity contribution in [1.29, 1.82) is 0 Å². The lowest BCUT2D eigenvalue weighted by Gasteiger charge is -2.19. The molecule has 2 fully saturated rings. The Kier molecular flexibility index (Phi) is 4.35. The van der Waals surface area contributed by atoms with Gasteiger partial charge >= 0.3 is 0 Å². The topological polar surface area (TPSA) is 81.1 Å². The average molecular weight is 331 g/mol. The molecular formula is C17H25N5O2. The van der Waals surface area contributed by atoms with Crippen LogP contribution in [0.25, 0.3) is 0 Å². The molecule has 7 heteroatoms. The van der Waals surface area contributed by atoms with E-state index in [1.165, 1.54) is 25.7 Å². The standard InChI is InChI=1S/C17H25N5O2/c1-11(2)15-19-17(24-21-15)13-8-5-9-22(13)10-14-18-16(23-20-14)12-6-3-4-7-12/h11-13H,3-10H2,1-2H3. The molecule has 24 heavy (non-hydrogen) atoms. The molecule has 1 saturated heterocycles. The second-order valence-electron chi connectivity index (χ2n) is 7.30. The highest BCUT2D eigenvalue weighted by molar-refractivity contribution is 5.01. The molecule has 2 aliphatic rings. The van der Waals surface area contributed by atoms with Crippen LogP contribution < -0.4 is 0 Å². The Morgan fingerprint density at radius 3 is 2.54 bits per heavy atom. The first-order chi connectivity index (χ1) is 11.7. The number of aromatic nitrogens is 4. The molecule has 1 unspecified atom stereocenters. The number of hydrogen-bond acceptors (Lipinski definition) is 7. The van der Waals surface area contributed by atoms with Gasteiger partial charge in [-0.3, -0.25) is 4.90 Å². The molecule has 2 aromatic rings. The highest BCUT2D eigenvalue weighted by atomic mass is 16.5. The molecule has 1 saturated carbocycles. The van der Waals surface area contributed by atoms with E-state index in [2.05, 4.69) is 39.0 Å². The lowest BCUT2D eigenvalue weighted by Crippen LogP contribution is -2.23. The molecule has 0 bridgehead atoms. The SMILES string of the molecule is CC(C)c1noc(C2CCCN2Cc2noc(C3CCCC3)n2)n1. The molecule has 1 atom stereocenters. The first-order valence-electron chi connectivity index (χ1n) is 9.10. The molecule has 0 spiro atoms. The molecule has 3 heterocycles. The maximum absolute atomic E-state index is 5.50. The molecule has 0 radical (unpaired) electrons. The van der Waals surface area contributed by atoms with Gasteiger partial charge in [0.1, 0.15) is 0 Å². The van der Waals surface area contributed by atoms with Crippen LogP contribution in [-0.4, -0.2) is 31.7 Å². The molecule has 4 rings (SSSR count). The summed E-state index contributed by atoms with van der Waals surface area (Å²) in [7, 11) is 0. The predicted octanol–water partition coefficient (Wildman–Crippen LogP) is 3.57. The predicted molar refractivity (Wildman–Crippen MR) is 86.3 cm³/mol. The highest BCUT2D eigenvalue weighted by Gasteiger charge is 2.32. The fourth-order valence-corrected chi connectivity index (χ4v) is 3.76. The van der Waals surface area contributed by atoms with Gasteiger partial charge in [-0.05, 0) is 32.2 Å². The van der Waals surface area contributed by atoms with Gasteiger partial charge in [0, 0.05) is 11.8 Å². The third-order valence-corrected chi connectivity index (χ3v) is 5.16. The first-order valence-corrected chi connectivity index (χ1v) is 9.10. The second kappa shape index (κ2) is 6.63. The van der Waals surface area contributed by atoms with Crippen molar-refractivity contribution in [1.82, 2.24) is 25.2 Å². The van der Waals surface area contributed by atoms with Gasteiger partial charge in [-0.2, -0.15) is 9.97 Å². The minimum atomic E-state index is 0.165. The summed E-state index contributed by atoms with van der Waals surface area (Å²) >= 11 is 0. The van der Waals surface area contributed by atoms with E-state index in [1.807, 2.05) is 0 Å². The zero-order valence-corrected chi connectivity index (χ0v) is 14.4. The molecule has 7 nitrogen and oxygen atoms in total. The van der Waals surface area contributed by atoms with Gasteiger partial charge in [0.15, 0.2) is 11.6 Å². The fourth-order valence-electron chi connectivity index (χ4n) is 3.76. The summed E-state index contributed by atoms with van der Waals surface area (Å²) in [5, 5.41) is 8.29. The van der Waals surface area contributed by atoms with Gasteiger partial charge in [0.2, 0.25) is 11.8 Å². The van der Waals surface area contributed by atoms with Crippen molar-refractivity contribution in [3.8, 4) is 0 Å². The summed E-state index contributed by atoms with van der Waals surface area (Å²) in [5.74, 6) is 3.83.